The molecule has 2 aliphatic rings. The minimum absolute atomic E-state index is 0. The Morgan fingerprint density at radius 3 is 1.35 bits per heavy atom. The summed E-state index contributed by atoms with van der Waals surface area (Å²) in [6, 6.07) is 39.8. The van der Waals surface area contributed by atoms with Crippen LogP contribution in [0.4, 0.5) is 0 Å². The van der Waals surface area contributed by atoms with Crippen molar-refractivity contribution in [1.82, 2.24) is 0 Å². The van der Waals surface area contributed by atoms with Crippen molar-refractivity contribution in [2.75, 3.05) is 0 Å². The molecular formula is C36H30Zr. The molecule has 0 amide bonds. The van der Waals surface area contributed by atoms with E-state index in [-0.39, 0.29) is 26.2 Å². The number of aryl methyl sites for hydroxylation is 2. The molecule has 0 heterocycles. The van der Waals surface area contributed by atoms with Crippen molar-refractivity contribution < 1.29 is 26.2 Å². The molecule has 0 aromatic heterocycles. The first kappa shape index (κ1) is 24.3. The summed E-state index contributed by atoms with van der Waals surface area (Å²) in [6.07, 6.45) is 7.58. The molecule has 0 nitrogen and oxygen atoms in total. The number of fused-ring (bicyclic) bond motifs is 4. The van der Waals surface area contributed by atoms with E-state index < -0.39 is 0 Å². The molecule has 0 saturated carbocycles. The van der Waals surface area contributed by atoms with Gasteiger partial charge < -0.3 is 0 Å². The molecule has 6 aromatic carbocycles. The van der Waals surface area contributed by atoms with Gasteiger partial charge in [-0.2, -0.15) is 24.3 Å². The maximum Gasteiger partial charge on any atom is 2.00 e. The summed E-state index contributed by atoms with van der Waals surface area (Å²) in [5.74, 6) is 0. The summed E-state index contributed by atoms with van der Waals surface area (Å²) in [5.41, 5.74) is 12.0. The first-order chi connectivity index (χ1) is 17.9. The smallest absolute Gasteiger partial charge is 0.168 e. The van der Waals surface area contributed by atoms with Crippen LogP contribution in [0.1, 0.15) is 35.1 Å². The third kappa shape index (κ3) is 4.38. The second-order valence-corrected chi connectivity index (χ2v) is 10.3. The predicted octanol–water partition coefficient (Wildman–Crippen LogP) is 9.43. The van der Waals surface area contributed by atoms with E-state index >= 15 is 0 Å². The van der Waals surface area contributed by atoms with Crippen LogP contribution in [-0.4, -0.2) is 0 Å². The van der Waals surface area contributed by atoms with Gasteiger partial charge in [0.2, 0.25) is 0 Å². The fraction of sp³-hybridized carbons (Fsp3) is 0.167. The van der Waals surface area contributed by atoms with E-state index in [2.05, 4.69) is 109 Å². The molecule has 37 heavy (non-hydrogen) atoms. The summed E-state index contributed by atoms with van der Waals surface area (Å²) in [7, 11) is 0. The van der Waals surface area contributed by atoms with Gasteiger partial charge in [0, 0.05) is 0 Å². The molecule has 6 aromatic rings. The van der Waals surface area contributed by atoms with E-state index in [9.17, 15) is 0 Å². The molecule has 0 radical (unpaired) electrons. The van der Waals surface area contributed by atoms with Crippen LogP contribution in [-0.2, 0) is 51.9 Å². The average Bonchev–Trinajstić information content (AvgIpc) is 3.74. The van der Waals surface area contributed by atoms with Gasteiger partial charge in [0.25, 0.3) is 0 Å². The first-order valence-electron chi connectivity index (χ1n) is 13.4. The summed E-state index contributed by atoms with van der Waals surface area (Å²) in [5, 5.41) is 5.63. The molecule has 0 spiro atoms. The fourth-order valence-electron chi connectivity index (χ4n) is 6.57. The zero-order valence-electron chi connectivity index (χ0n) is 21.1. The quantitative estimate of drug-likeness (QED) is 0.187. The van der Waals surface area contributed by atoms with Gasteiger partial charge in [-0.15, -0.1) is 45.8 Å². The van der Waals surface area contributed by atoms with Crippen LogP contribution < -0.4 is 0 Å². The Morgan fingerprint density at radius 1 is 0.486 bits per heavy atom. The van der Waals surface area contributed by atoms with E-state index in [1.54, 1.807) is 22.3 Å². The van der Waals surface area contributed by atoms with Crippen molar-refractivity contribution in [2.45, 2.75) is 38.5 Å². The van der Waals surface area contributed by atoms with Crippen molar-refractivity contribution in [2.24, 2.45) is 0 Å². The van der Waals surface area contributed by atoms with Gasteiger partial charge in [0.15, 0.2) is 0 Å². The Kier molecular flexibility index (Phi) is 6.83. The van der Waals surface area contributed by atoms with Gasteiger partial charge in [-0.1, -0.05) is 94.0 Å². The first-order valence-corrected chi connectivity index (χ1v) is 13.4. The SMILES string of the molecule is [Zr+2].c1ccc(-c2c3c(cc4[cH-]ccc24)CCC3)cc1.c1ccc(-c2c3c(cc4[cH-]ccc24)CCC3)cc1. The average molecular weight is 554 g/mol. The Bertz CT molecular complexity index is 1540. The van der Waals surface area contributed by atoms with Crippen molar-refractivity contribution in [3.05, 3.63) is 131 Å². The third-order valence-corrected chi connectivity index (χ3v) is 8.15. The summed E-state index contributed by atoms with van der Waals surface area (Å²) in [6.45, 7) is 0. The summed E-state index contributed by atoms with van der Waals surface area (Å²) in [4.78, 5) is 0. The minimum atomic E-state index is 0. The van der Waals surface area contributed by atoms with Gasteiger partial charge >= 0.3 is 26.2 Å². The van der Waals surface area contributed by atoms with Crippen LogP contribution >= 0.6 is 0 Å². The molecule has 0 aliphatic heterocycles. The third-order valence-electron chi connectivity index (χ3n) is 8.15. The Morgan fingerprint density at radius 2 is 0.919 bits per heavy atom. The van der Waals surface area contributed by atoms with Gasteiger partial charge in [-0.25, -0.2) is 0 Å². The molecular weight excluding hydrogens is 524 g/mol. The van der Waals surface area contributed by atoms with Crippen LogP contribution in [0.5, 0.6) is 0 Å². The van der Waals surface area contributed by atoms with Gasteiger partial charge in [0.05, 0.1) is 0 Å². The summed E-state index contributed by atoms with van der Waals surface area (Å²) < 4.78 is 0. The maximum atomic E-state index is 2.39. The largest absolute Gasteiger partial charge is 2.00 e. The van der Waals surface area contributed by atoms with Crippen molar-refractivity contribution in [3.8, 4) is 22.3 Å². The molecule has 0 fully saturated rings. The number of hydrogen-bond donors (Lipinski definition) is 0. The molecule has 1 heteroatoms. The van der Waals surface area contributed by atoms with Gasteiger partial charge in [0.1, 0.15) is 0 Å². The monoisotopic (exact) mass is 552 g/mol. The Balaban J connectivity index is 0.000000133. The van der Waals surface area contributed by atoms with Crippen LogP contribution in [0.3, 0.4) is 0 Å². The van der Waals surface area contributed by atoms with Crippen molar-refractivity contribution in [3.63, 3.8) is 0 Å². The number of hydrogen-bond acceptors (Lipinski definition) is 0. The molecule has 8 rings (SSSR count). The zero-order chi connectivity index (χ0) is 23.9. The van der Waals surface area contributed by atoms with Crippen molar-refractivity contribution in [1.29, 1.82) is 0 Å². The van der Waals surface area contributed by atoms with E-state index in [0.29, 0.717) is 0 Å². The van der Waals surface area contributed by atoms with E-state index in [1.807, 2.05) is 0 Å². The Hall–Kier alpha value is -3.02. The van der Waals surface area contributed by atoms with E-state index in [1.165, 1.54) is 82.3 Å². The standard InChI is InChI=1S/2C18H15.Zr/c2*1-2-6-13(7-3-1)18-16-10-4-8-14(16)12-15-9-5-11-17(15)18;/h2*1-4,6-8,10,12H,5,9,11H2;/q2*-1;+2. The normalized spacial score (nSPS) is 13.6. The number of rotatable bonds is 2. The van der Waals surface area contributed by atoms with Crippen LogP contribution in [0.2, 0.25) is 0 Å². The van der Waals surface area contributed by atoms with Crippen LogP contribution in [0.15, 0.2) is 109 Å². The van der Waals surface area contributed by atoms with E-state index in [4.69, 9.17) is 0 Å². The zero-order valence-corrected chi connectivity index (χ0v) is 23.6. The molecule has 0 N–H and O–H groups in total. The predicted molar refractivity (Wildman–Crippen MR) is 154 cm³/mol. The summed E-state index contributed by atoms with van der Waals surface area (Å²) >= 11 is 0. The number of benzene rings is 4. The van der Waals surface area contributed by atoms with Crippen LogP contribution in [0.25, 0.3) is 43.8 Å². The molecule has 0 saturated heterocycles. The molecule has 2 aliphatic carbocycles. The van der Waals surface area contributed by atoms with E-state index in [0.717, 1.165) is 0 Å². The topological polar surface area (TPSA) is 0 Å². The molecule has 0 unspecified atom stereocenters. The molecule has 178 valence electrons. The van der Waals surface area contributed by atoms with Crippen LogP contribution in [0, 0.1) is 0 Å². The second-order valence-electron chi connectivity index (χ2n) is 10.3. The van der Waals surface area contributed by atoms with Gasteiger partial charge in [-0.3, -0.25) is 0 Å². The molecule has 0 bridgehead atoms. The maximum absolute atomic E-state index is 2.39. The molecule has 0 atom stereocenters. The second kappa shape index (κ2) is 10.4. The minimum Gasteiger partial charge on any atom is -0.168 e. The fourth-order valence-corrected chi connectivity index (χ4v) is 6.57. The van der Waals surface area contributed by atoms with Crippen molar-refractivity contribution >= 4 is 21.5 Å². The van der Waals surface area contributed by atoms with Gasteiger partial charge in [-0.05, 0) is 49.7 Å². The Labute approximate surface area is 238 Å².